The number of rotatable bonds is 6. The van der Waals surface area contributed by atoms with Crippen LogP contribution in [-0.2, 0) is 4.79 Å². The molecule has 1 N–H and O–H groups in total. The molecule has 0 aliphatic carbocycles. The molecule has 1 aromatic carbocycles. The summed E-state index contributed by atoms with van der Waals surface area (Å²) in [6.07, 6.45) is 7.60. The lowest BCUT2D eigenvalue weighted by Crippen LogP contribution is -2.43. The number of amides is 1. The van der Waals surface area contributed by atoms with E-state index < -0.39 is 5.82 Å². The standard InChI is InChI=1S/C28H23ClFN9O2/c1-2-26(40)37-7-5-16-9-17(37)13-38(16)24-4-3-21-27(36-24)28(33-14-31-21)35-22-11-19(29)23(12-20(22)30)41-18-6-8-39-25(10-18)32-15-34-39/h2-4,6,8,10-12,14-17H,1,5,7,9,13H2,(H,31,33,35)/t16-,17+/m1/s1. The van der Waals surface area contributed by atoms with E-state index in [1.807, 2.05) is 17.0 Å². The summed E-state index contributed by atoms with van der Waals surface area (Å²) in [7, 11) is 0. The maximum Gasteiger partial charge on any atom is 0.246 e. The van der Waals surface area contributed by atoms with Gasteiger partial charge < -0.3 is 19.9 Å². The molecule has 0 radical (unpaired) electrons. The first-order valence-electron chi connectivity index (χ1n) is 13.0. The number of likely N-dealkylation sites (tertiary alicyclic amines) is 1. The highest BCUT2D eigenvalue weighted by Crippen LogP contribution is 2.37. The van der Waals surface area contributed by atoms with E-state index in [-0.39, 0.29) is 34.5 Å². The Hall–Kier alpha value is -4.84. The van der Waals surface area contributed by atoms with Crippen molar-refractivity contribution in [2.45, 2.75) is 24.9 Å². The topological polar surface area (TPSA) is 114 Å². The van der Waals surface area contributed by atoms with Gasteiger partial charge in [-0.15, -0.1) is 0 Å². The number of carbonyl (C=O) groups is 1. The minimum atomic E-state index is -0.587. The van der Waals surface area contributed by atoms with Gasteiger partial charge in [-0.1, -0.05) is 18.2 Å². The molecule has 2 fully saturated rings. The van der Waals surface area contributed by atoms with Crippen molar-refractivity contribution in [3.8, 4) is 11.5 Å². The fourth-order valence-corrected chi connectivity index (χ4v) is 5.75. The molecule has 2 atom stereocenters. The lowest BCUT2D eigenvalue weighted by molar-refractivity contribution is -0.128. The van der Waals surface area contributed by atoms with Gasteiger partial charge >= 0.3 is 0 Å². The second-order valence-electron chi connectivity index (χ2n) is 9.89. The average Bonchev–Trinajstić information content (AvgIpc) is 3.59. The van der Waals surface area contributed by atoms with Crippen LogP contribution in [-0.4, -0.2) is 65.5 Å². The second-order valence-corrected chi connectivity index (χ2v) is 10.3. The summed E-state index contributed by atoms with van der Waals surface area (Å²) >= 11 is 6.49. The number of ether oxygens (including phenoxy) is 1. The van der Waals surface area contributed by atoms with Crippen LogP contribution in [0.5, 0.6) is 11.5 Å². The van der Waals surface area contributed by atoms with E-state index in [1.165, 1.54) is 30.9 Å². The Balaban J connectivity index is 1.15. The third kappa shape index (κ3) is 4.55. The molecule has 4 aromatic heterocycles. The highest BCUT2D eigenvalue weighted by atomic mass is 35.5. The van der Waals surface area contributed by atoms with E-state index in [4.69, 9.17) is 21.3 Å². The molecule has 1 amide bonds. The fraction of sp³-hybridized carbons (Fsp3) is 0.214. The monoisotopic (exact) mass is 571 g/mol. The molecule has 13 heteroatoms. The van der Waals surface area contributed by atoms with Gasteiger partial charge in [-0.25, -0.2) is 28.8 Å². The van der Waals surface area contributed by atoms with Crippen molar-refractivity contribution in [2.24, 2.45) is 0 Å². The normalized spacial score (nSPS) is 18.2. The zero-order valence-electron chi connectivity index (χ0n) is 21.6. The summed E-state index contributed by atoms with van der Waals surface area (Å²) in [6, 6.07) is 10.2. The number of hydrogen-bond acceptors (Lipinski definition) is 9. The number of aromatic nitrogens is 6. The number of carbonyl (C=O) groups excluding carboxylic acids is 1. The summed E-state index contributed by atoms with van der Waals surface area (Å²) in [5, 5.41) is 7.27. The Labute approximate surface area is 238 Å². The van der Waals surface area contributed by atoms with Crippen molar-refractivity contribution >= 4 is 51.5 Å². The van der Waals surface area contributed by atoms with Gasteiger partial charge in [-0.3, -0.25) is 4.79 Å². The van der Waals surface area contributed by atoms with Gasteiger partial charge in [-0.05, 0) is 43.2 Å². The van der Waals surface area contributed by atoms with Crippen LogP contribution in [0.2, 0.25) is 5.02 Å². The van der Waals surface area contributed by atoms with Gasteiger partial charge in [0, 0.05) is 37.5 Å². The SMILES string of the molecule is C=CC(=O)N1CC[C@@H]2C[C@H]1CN2c1ccc2ncnc(Nc3cc(Cl)c(Oc4ccn5ncnc5c4)cc3F)c2n1. The van der Waals surface area contributed by atoms with Gasteiger partial charge in [-0.2, -0.15) is 5.10 Å². The number of piperidine rings is 1. The molecular formula is C28H23ClFN9O2. The maximum atomic E-state index is 15.3. The molecule has 2 bridgehead atoms. The van der Waals surface area contributed by atoms with E-state index in [0.29, 0.717) is 41.3 Å². The molecule has 2 saturated heterocycles. The number of anilines is 3. The van der Waals surface area contributed by atoms with Crippen LogP contribution in [0.4, 0.5) is 21.7 Å². The zero-order valence-corrected chi connectivity index (χ0v) is 22.4. The van der Waals surface area contributed by atoms with E-state index in [2.05, 4.69) is 36.8 Å². The molecule has 6 heterocycles. The Bertz CT molecular complexity index is 1830. The summed E-state index contributed by atoms with van der Waals surface area (Å²) in [6.45, 7) is 5.00. The van der Waals surface area contributed by atoms with Crippen LogP contribution in [0.25, 0.3) is 16.7 Å². The van der Waals surface area contributed by atoms with Crippen LogP contribution < -0.4 is 15.0 Å². The fourth-order valence-electron chi connectivity index (χ4n) is 5.55. The largest absolute Gasteiger partial charge is 0.455 e. The third-order valence-corrected chi connectivity index (χ3v) is 7.81. The number of benzene rings is 1. The predicted molar refractivity (Wildman–Crippen MR) is 151 cm³/mol. The number of hydrogen-bond donors (Lipinski definition) is 1. The van der Waals surface area contributed by atoms with Crippen LogP contribution >= 0.6 is 11.6 Å². The quantitative estimate of drug-likeness (QED) is 0.288. The van der Waals surface area contributed by atoms with Gasteiger partial charge in [0.05, 0.1) is 22.3 Å². The molecule has 41 heavy (non-hydrogen) atoms. The molecule has 2 aliphatic heterocycles. The van der Waals surface area contributed by atoms with Gasteiger partial charge in [0.2, 0.25) is 5.91 Å². The number of halogens is 2. The molecule has 0 spiro atoms. The first-order chi connectivity index (χ1) is 20.0. The molecule has 2 aliphatic rings. The van der Waals surface area contributed by atoms with Gasteiger partial charge in [0.25, 0.3) is 0 Å². The van der Waals surface area contributed by atoms with E-state index in [9.17, 15) is 4.79 Å². The van der Waals surface area contributed by atoms with Crippen LogP contribution in [0.1, 0.15) is 12.8 Å². The Morgan fingerprint density at radius 3 is 2.93 bits per heavy atom. The van der Waals surface area contributed by atoms with Crippen LogP contribution in [0, 0.1) is 5.82 Å². The molecule has 11 nitrogen and oxygen atoms in total. The van der Waals surface area contributed by atoms with E-state index in [0.717, 1.165) is 18.7 Å². The van der Waals surface area contributed by atoms with Crippen molar-refractivity contribution in [3.05, 3.63) is 78.7 Å². The lowest BCUT2D eigenvalue weighted by atomic mass is 10.0. The zero-order chi connectivity index (χ0) is 28.1. The first kappa shape index (κ1) is 25.1. The Morgan fingerprint density at radius 2 is 2.05 bits per heavy atom. The van der Waals surface area contributed by atoms with Gasteiger partial charge in [0.1, 0.15) is 41.3 Å². The summed E-state index contributed by atoms with van der Waals surface area (Å²) < 4.78 is 22.7. The number of nitrogens with zero attached hydrogens (tertiary/aromatic N) is 8. The molecule has 7 rings (SSSR count). The summed E-state index contributed by atoms with van der Waals surface area (Å²) in [5.74, 6) is 1.04. The Morgan fingerprint density at radius 1 is 1.15 bits per heavy atom. The van der Waals surface area contributed by atoms with Crippen molar-refractivity contribution in [3.63, 3.8) is 0 Å². The minimum Gasteiger partial charge on any atom is -0.455 e. The lowest BCUT2D eigenvalue weighted by Gasteiger charge is -2.31. The molecule has 0 saturated carbocycles. The van der Waals surface area contributed by atoms with E-state index in [1.54, 1.807) is 22.8 Å². The van der Waals surface area contributed by atoms with Crippen molar-refractivity contribution in [1.82, 2.24) is 34.4 Å². The molecule has 5 aromatic rings. The van der Waals surface area contributed by atoms with Gasteiger partial charge in [0.15, 0.2) is 11.5 Å². The maximum absolute atomic E-state index is 15.3. The van der Waals surface area contributed by atoms with Crippen molar-refractivity contribution < 1.29 is 13.9 Å². The van der Waals surface area contributed by atoms with Crippen molar-refractivity contribution in [1.29, 1.82) is 0 Å². The minimum absolute atomic E-state index is 0.0462. The Kier molecular flexibility index (Phi) is 6.11. The number of nitrogens with one attached hydrogen (secondary N) is 1. The van der Waals surface area contributed by atoms with E-state index >= 15 is 4.39 Å². The average molecular weight is 572 g/mol. The van der Waals surface area contributed by atoms with Crippen LogP contribution in [0.3, 0.4) is 0 Å². The predicted octanol–water partition coefficient (Wildman–Crippen LogP) is 4.76. The van der Waals surface area contributed by atoms with Crippen molar-refractivity contribution in [2.75, 3.05) is 23.3 Å². The second kappa shape index (κ2) is 9.97. The molecule has 0 unspecified atom stereocenters. The van der Waals surface area contributed by atoms with Crippen LogP contribution in [0.15, 0.2) is 67.9 Å². The molecule has 206 valence electrons. The highest BCUT2D eigenvalue weighted by molar-refractivity contribution is 6.32. The third-order valence-electron chi connectivity index (χ3n) is 7.51. The summed E-state index contributed by atoms with van der Waals surface area (Å²) in [4.78, 5) is 34.1. The smallest absolute Gasteiger partial charge is 0.246 e. The highest BCUT2D eigenvalue weighted by Gasteiger charge is 2.41. The number of pyridine rings is 2. The summed E-state index contributed by atoms with van der Waals surface area (Å²) in [5.41, 5.74) is 1.79. The number of fused-ring (bicyclic) bond motifs is 4. The first-order valence-corrected chi connectivity index (χ1v) is 13.4. The molecular weight excluding hydrogens is 549 g/mol.